The van der Waals surface area contributed by atoms with Crippen LogP contribution in [0.4, 0.5) is 0 Å². The number of carbonyl (C=O) groups is 2. The predicted octanol–water partition coefficient (Wildman–Crippen LogP) is 0.833. The van der Waals surface area contributed by atoms with Crippen molar-refractivity contribution in [3.63, 3.8) is 0 Å². The molecule has 3 nitrogen and oxygen atoms in total. The van der Waals surface area contributed by atoms with Crippen molar-refractivity contribution >= 4 is 23.5 Å². The van der Waals surface area contributed by atoms with Crippen molar-refractivity contribution in [2.75, 3.05) is 12.0 Å². The van der Waals surface area contributed by atoms with Gasteiger partial charge in [-0.3, -0.25) is 9.59 Å². The molecule has 0 atom stereocenters. The molecule has 0 fully saturated rings. The van der Waals surface area contributed by atoms with Gasteiger partial charge in [0.05, 0.1) is 0 Å². The summed E-state index contributed by atoms with van der Waals surface area (Å²) in [5.41, 5.74) is 0. The molecule has 0 aliphatic heterocycles. The van der Waals surface area contributed by atoms with E-state index in [4.69, 9.17) is 0 Å². The Kier molecular flexibility index (Phi) is 5.80. The van der Waals surface area contributed by atoms with Crippen LogP contribution in [0, 0.1) is 0 Å². The topological polar surface area (TPSA) is 46.2 Å². The first-order valence-electron chi connectivity index (χ1n) is 3.90. The lowest BCUT2D eigenvalue weighted by Crippen LogP contribution is -2.36. The largest absolute Gasteiger partial charge is 0.347 e. The molecule has 0 bridgehead atoms. The van der Waals surface area contributed by atoms with Gasteiger partial charge in [-0.15, -0.1) is 0 Å². The van der Waals surface area contributed by atoms with Crippen LogP contribution in [0.5, 0.6) is 0 Å². The molecule has 0 aromatic heterocycles. The van der Waals surface area contributed by atoms with E-state index in [9.17, 15) is 9.59 Å². The summed E-state index contributed by atoms with van der Waals surface area (Å²) in [6.07, 6.45) is 2.24. The van der Waals surface area contributed by atoms with E-state index in [-0.39, 0.29) is 11.8 Å². The van der Waals surface area contributed by atoms with Crippen LogP contribution in [0.1, 0.15) is 20.3 Å². The van der Waals surface area contributed by atoms with Crippen molar-refractivity contribution in [1.82, 2.24) is 5.32 Å². The molecular formula is C8H15NO2S. The van der Waals surface area contributed by atoms with E-state index in [2.05, 4.69) is 5.32 Å². The minimum Gasteiger partial charge on any atom is -0.347 e. The second kappa shape index (κ2) is 6.06. The summed E-state index contributed by atoms with van der Waals surface area (Å²) in [6.45, 7) is 3.67. The number of carbonyl (C=O) groups excluding carboxylic acids is 2. The van der Waals surface area contributed by atoms with Crippen LogP contribution >= 0.6 is 11.8 Å². The molecule has 12 heavy (non-hydrogen) atoms. The number of hydrogen-bond acceptors (Lipinski definition) is 3. The average Bonchev–Trinajstić information content (AvgIpc) is 1.98. The van der Waals surface area contributed by atoms with Gasteiger partial charge in [-0.25, -0.2) is 0 Å². The summed E-state index contributed by atoms with van der Waals surface area (Å²) in [4.78, 5) is 22.0. The Morgan fingerprint density at radius 1 is 1.42 bits per heavy atom. The zero-order chi connectivity index (χ0) is 9.56. The van der Waals surface area contributed by atoms with Gasteiger partial charge in [0.25, 0.3) is 5.91 Å². The summed E-state index contributed by atoms with van der Waals surface area (Å²) in [5, 5.41) is 2.55. The van der Waals surface area contributed by atoms with E-state index in [0.29, 0.717) is 12.2 Å². The number of rotatable bonds is 5. The van der Waals surface area contributed by atoms with Crippen LogP contribution in [0.15, 0.2) is 0 Å². The minimum atomic E-state index is -0.459. The molecule has 1 N–H and O–H groups in total. The van der Waals surface area contributed by atoms with Crippen molar-refractivity contribution in [1.29, 1.82) is 0 Å². The normalized spacial score (nSPS) is 10.0. The van der Waals surface area contributed by atoms with E-state index in [1.54, 1.807) is 11.8 Å². The van der Waals surface area contributed by atoms with Gasteiger partial charge in [0.15, 0.2) is 0 Å². The van der Waals surface area contributed by atoms with Crippen LogP contribution < -0.4 is 5.32 Å². The Morgan fingerprint density at radius 3 is 2.42 bits per heavy atom. The second-order valence-electron chi connectivity index (χ2n) is 2.79. The third-order valence-corrected chi connectivity index (χ3v) is 1.82. The molecule has 1 amide bonds. The van der Waals surface area contributed by atoms with Crippen LogP contribution in [0.2, 0.25) is 0 Å². The standard InChI is InChI=1S/C8H15NO2S/c1-6(2)9-8(11)7(10)4-5-12-3/h6H,4-5H2,1-3H3,(H,9,11). The quantitative estimate of drug-likeness (QED) is 0.652. The molecule has 0 saturated carbocycles. The lowest BCUT2D eigenvalue weighted by atomic mass is 10.3. The van der Waals surface area contributed by atoms with E-state index in [0.717, 1.165) is 0 Å². The Labute approximate surface area is 77.3 Å². The van der Waals surface area contributed by atoms with Gasteiger partial charge >= 0.3 is 0 Å². The first-order valence-corrected chi connectivity index (χ1v) is 5.30. The highest BCUT2D eigenvalue weighted by Gasteiger charge is 2.12. The number of Topliss-reactive ketones (excluding diaryl/α,β-unsaturated/α-hetero) is 1. The molecule has 70 valence electrons. The smallest absolute Gasteiger partial charge is 0.287 e. The third-order valence-electron chi connectivity index (χ3n) is 1.21. The SMILES string of the molecule is CSCCC(=O)C(=O)NC(C)C. The Morgan fingerprint density at radius 2 is 2.00 bits per heavy atom. The molecule has 0 radical (unpaired) electrons. The maximum atomic E-state index is 11.0. The fourth-order valence-electron chi connectivity index (χ4n) is 0.651. The zero-order valence-corrected chi connectivity index (χ0v) is 8.53. The first kappa shape index (κ1) is 11.5. The second-order valence-corrected chi connectivity index (χ2v) is 3.78. The third kappa shape index (κ3) is 5.18. The molecule has 4 heteroatoms. The van der Waals surface area contributed by atoms with Gasteiger partial charge in [0.2, 0.25) is 5.78 Å². The molecule has 0 unspecified atom stereocenters. The van der Waals surface area contributed by atoms with Crippen molar-refractivity contribution < 1.29 is 9.59 Å². The van der Waals surface area contributed by atoms with Crippen molar-refractivity contribution in [3.8, 4) is 0 Å². The van der Waals surface area contributed by atoms with Gasteiger partial charge in [0, 0.05) is 18.2 Å². The summed E-state index contributed by atoms with van der Waals surface area (Å²) < 4.78 is 0. The lowest BCUT2D eigenvalue weighted by Gasteiger charge is -2.06. The number of thioether (sulfide) groups is 1. The average molecular weight is 189 g/mol. The fourth-order valence-corrected chi connectivity index (χ4v) is 1.04. The summed E-state index contributed by atoms with van der Waals surface area (Å²) >= 11 is 1.57. The molecule has 0 aromatic carbocycles. The summed E-state index contributed by atoms with van der Waals surface area (Å²) in [5.74, 6) is -0.0678. The van der Waals surface area contributed by atoms with Gasteiger partial charge in [-0.05, 0) is 20.1 Å². The van der Waals surface area contributed by atoms with Gasteiger partial charge in [-0.2, -0.15) is 11.8 Å². The number of nitrogens with one attached hydrogen (secondary N) is 1. The Bertz CT molecular complexity index is 168. The van der Waals surface area contributed by atoms with Crippen LogP contribution in [0.3, 0.4) is 0 Å². The zero-order valence-electron chi connectivity index (χ0n) is 7.72. The highest BCUT2D eigenvalue weighted by molar-refractivity contribution is 7.98. The van der Waals surface area contributed by atoms with Gasteiger partial charge in [0.1, 0.15) is 0 Å². The summed E-state index contributed by atoms with van der Waals surface area (Å²) in [7, 11) is 0. The molecule has 0 aliphatic carbocycles. The van der Waals surface area contributed by atoms with Crippen molar-refractivity contribution in [2.45, 2.75) is 26.3 Å². The number of amides is 1. The van der Waals surface area contributed by atoms with Crippen molar-refractivity contribution in [2.24, 2.45) is 0 Å². The van der Waals surface area contributed by atoms with Gasteiger partial charge < -0.3 is 5.32 Å². The molecule has 0 aliphatic rings. The Hall–Kier alpha value is -0.510. The monoisotopic (exact) mass is 189 g/mol. The number of hydrogen-bond donors (Lipinski definition) is 1. The van der Waals surface area contributed by atoms with Crippen molar-refractivity contribution in [3.05, 3.63) is 0 Å². The fraction of sp³-hybridized carbons (Fsp3) is 0.750. The maximum Gasteiger partial charge on any atom is 0.287 e. The highest BCUT2D eigenvalue weighted by atomic mass is 32.2. The van der Waals surface area contributed by atoms with Crippen LogP contribution in [0.25, 0.3) is 0 Å². The molecule has 0 heterocycles. The molecule has 0 rings (SSSR count). The molecule has 0 aromatic rings. The van der Waals surface area contributed by atoms with Crippen LogP contribution in [-0.2, 0) is 9.59 Å². The Balaban J connectivity index is 3.70. The van der Waals surface area contributed by atoms with E-state index in [1.165, 1.54) is 0 Å². The maximum absolute atomic E-state index is 11.0. The highest BCUT2D eigenvalue weighted by Crippen LogP contribution is 1.96. The molecular weight excluding hydrogens is 174 g/mol. The lowest BCUT2D eigenvalue weighted by molar-refractivity contribution is -0.138. The van der Waals surface area contributed by atoms with E-state index < -0.39 is 5.91 Å². The van der Waals surface area contributed by atoms with Gasteiger partial charge in [-0.1, -0.05) is 0 Å². The molecule has 0 saturated heterocycles. The van der Waals surface area contributed by atoms with Crippen LogP contribution in [-0.4, -0.2) is 29.7 Å². The first-order chi connectivity index (χ1) is 5.57. The summed E-state index contributed by atoms with van der Waals surface area (Å²) in [6, 6.07) is 0.0377. The minimum absolute atomic E-state index is 0.0377. The van der Waals surface area contributed by atoms with E-state index in [1.807, 2.05) is 20.1 Å². The predicted molar refractivity (Wildman–Crippen MR) is 51.3 cm³/mol. The number of ketones is 1. The van der Waals surface area contributed by atoms with E-state index >= 15 is 0 Å². The molecule has 0 spiro atoms.